The summed E-state index contributed by atoms with van der Waals surface area (Å²) >= 11 is 0. The highest BCUT2D eigenvalue weighted by Crippen LogP contribution is 2.26. The van der Waals surface area contributed by atoms with Gasteiger partial charge in [0.15, 0.2) is 0 Å². The van der Waals surface area contributed by atoms with Crippen molar-refractivity contribution >= 4 is 0 Å². The summed E-state index contributed by atoms with van der Waals surface area (Å²) in [6, 6.07) is 7.70. The molecule has 2 rings (SSSR count). The largest absolute Gasteiger partial charge is 0.508 e. The fraction of sp³-hybridized carbons (Fsp3) is 0.529. The van der Waals surface area contributed by atoms with Crippen molar-refractivity contribution in [3.8, 4) is 5.75 Å². The minimum atomic E-state index is 0.446. The van der Waals surface area contributed by atoms with Crippen molar-refractivity contribution in [2.45, 2.75) is 51.9 Å². The average Bonchev–Trinajstić information content (AvgIpc) is 2.39. The first kappa shape index (κ1) is 13.2. The Labute approximate surface area is 111 Å². The van der Waals surface area contributed by atoms with Gasteiger partial charge in [0.25, 0.3) is 0 Å². The minimum absolute atomic E-state index is 0.446. The van der Waals surface area contributed by atoms with Gasteiger partial charge >= 0.3 is 0 Å². The molecule has 0 bridgehead atoms. The molecule has 1 nitrogen and oxygen atoms in total. The monoisotopic (exact) mass is 244 g/mol. The van der Waals surface area contributed by atoms with Gasteiger partial charge in [-0.15, -0.1) is 0 Å². The molecular formula is C17H24O. The molecule has 1 atom stereocenters. The zero-order valence-corrected chi connectivity index (χ0v) is 11.4. The van der Waals surface area contributed by atoms with Crippen LogP contribution in [0.5, 0.6) is 5.75 Å². The second-order valence-electron chi connectivity index (χ2n) is 5.58. The molecule has 1 aliphatic rings. The third-order valence-electron chi connectivity index (χ3n) is 3.89. The van der Waals surface area contributed by atoms with E-state index in [1.807, 2.05) is 18.2 Å². The number of phenolic OH excluding ortho intramolecular Hbond substituents is 1. The maximum absolute atomic E-state index is 9.73. The molecule has 0 heterocycles. The third-order valence-corrected chi connectivity index (χ3v) is 3.89. The van der Waals surface area contributed by atoms with Crippen molar-refractivity contribution in [2.75, 3.05) is 0 Å². The number of allylic oxidation sites excluding steroid dienone is 2. The maximum Gasteiger partial charge on any atom is 0.118 e. The molecule has 18 heavy (non-hydrogen) atoms. The Kier molecular flexibility index (Phi) is 4.86. The number of benzene rings is 1. The summed E-state index contributed by atoms with van der Waals surface area (Å²) in [6.07, 6.45) is 11.2. The second-order valence-corrected chi connectivity index (χ2v) is 5.58. The molecule has 0 amide bonds. The Morgan fingerprint density at radius 2 is 2.06 bits per heavy atom. The third kappa shape index (κ3) is 3.90. The van der Waals surface area contributed by atoms with E-state index in [0.29, 0.717) is 11.7 Å². The molecule has 1 aromatic rings. The van der Waals surface area contributed by atoms with E-state index in [0.717, 1.165) is 18.4 Å². The van der Waals surface area contributed by atoms with Crippen molar-refractivity contribution < 1.29 is 5.11 Å². The summed E-state index contributed by atoms with van der Waals surface area (Å²) in [6.45, 7) is 2.33. The highest BCUT2D eigenvalue weighted by atomic mass is 16.3. The van der Waals surface area contributed by atoms with E-state index in [1.165, 1.54) is 32.1 Å². The van der Waals surface area contributed by atoms with Gasteiger partial charge in [-0.1, -0.05) is 36.8 Å². The quantitative estimate of drug-likeness (QED) is 0.734. The molecule has 0 saturated heterocycles. The number of aromatic hydroxyl groups is 1. The van der Waals surface area contributed by atoms with Gasteiger partial charge in [0.05, 0.1) is 0 Å². The molecule has 98 valence electrons. The topological polar surface area (TPSA) is 20.2 Å². The molecule has 1 unspecified atom stereocenters. The van der Waals surface area contributed by atoms with E-state index in [9.17, 15) is 5.11 Å². The zero-order valence-electron chi connectivity index (χ0n) is 11.4. The molecule has 1 aromatic carbocycles. The van der Waals surface area contributed by atoms with Crippen molar-refractivity contribution in [3.63, 3.8) is 0 Å². The van der Waals surface area contributed by atoms with Crippen LogP contribution in [0.25, 0.3) is 0 Å². The Morgan fingerprint density at radius 1 is 1.22 bits per heavy atom. The lowest BCUT2D eigenvalue weighted by atomic mass is 9.89. The summed E-state index contributed by atoms with van der Waals surface area (Å²) < 4.78 is 0. The highest BCUT2D eigenvalue weighted by molar-refractivity contribution is 5.31. The lowest BCUT2D eigenvalue weighted by Crippen LogP contribution is -2.02. The van der Waals surface area contributed by atoms with Crippen molar-refractivity contribution in [1.82, 2.24) is 0 Å². The van der Waals surface area contributed by atoms with E-state index < -0.39 is 0 Å². The van der Waals surface area contributed by atoms with Gasteiger partial charge in [0.2, 0.25) is 0 Å². The fourth-order valence-corrected chi connectivity index (χ4v) is 2.76. The number of phenols is 1. The van der Waals surface area contributed by atoms with E-state index in [2.05, 4.69) is 13.0 Å². The first-order valence-electron chi connectivity index (χ1n) is 7.20. The Bertz CT molecular complexity index is 406. The van der Waals surface area contributed by atoms with Gasteiger partial charge in [0, 0.05) is 0 Å². The van der Waals surface area contributed by atoms with E-state index in [-0.39, 0.29) is 0 Å². The molecule has 0 aliphatic heterocycles. The molecule has 0 fully saturated rings. The number of para-hydroxylation sites is 1. The van der Waals surface area contributed by atoms with Crippen molar-refractivity contribution in [2.24, 2.45) is 5.92 Å². The first-order valence-corrected chi connectivity index (χ1v) is 7.20. The van der Waals surface area contributed by atoms with Crippen molar-refractivity contribution in [3.05, 3.63) is 41.5 Å². The second kappa shape index (κ2) is 6.63. The number of aryl methyl sites for hydroxylation is 1. The molecule has 1 heteroatoms. The summed E-state index contributed by atoms with van der Waals surface area (Å²) in [4.78, 5) is 0. The number of hydrogen-bond donors (Lipinski definition) is 1. The maximum atomic E-state index is 9.73. The average molecular weight is 244 g/mol. The predicted octanol–water partition coefficient (Wildman–Crippen LogP) is 4.85. The van der Waals surface area contributed by atoms with Crippen LogP contribution in [0, 0.1) is 5.92 Å². The van der Waals surface area contributed by atoms with E-state index >= 15 is 0 Å². The van der Waals surface area contributed by atoms with Gasteiger partial charge < -0.3 is 5.11 Å². The van der Waals surface area contributed by atoms with Crippen LogP contribution < -0.4 is 0 Å². The van der Waals surface area contributed by atoms with E-state index in [1.54, 1.807) is 11.6 Å². The van der Waals surface area contributed by atoms with Gasteiger partial charge in [-0.3, -0.25) is 0 Å². The molecule has 0 saturated carbocycles. The SMILES string of the molecule is CC(CCc1ccccc1O)CC1=CCCCC1. The Morgan fingerprint density at radius 3 is 2.78 bits per heavy atom. The predicted molar refractivity (Wildman–Crippen MR) is 76.8 cm³/mol. The van der Waals surface area contributed by atoms with Crippen LogP contribution in [-0.2, 0) is 6.42 Å². The number of hydrogen-bond acceptors (Lipinski definition) is 1. The fourth-order valence-electron chi connectivity index (χ4n) is 2.76. The summed E-state index contributed by atoms with van der Waals surface area (Å²) in [5, 5.41) is 9.73. The van der Waals surface area contributed by atoms with Crippen LogP contribution in [-0.4, -0.2) is 5.11 Å². The zero-order chi connectivity index (χ0) is 12.8. The van der Waals surface area contributed by atoms with Crippen LogP contribution in [0.4, 0.5) is 0 Å². The normalized spacial score (nSPS) is 17.3. The summed E-state index contributed by atoms with van der Waals surface area (Å²) in [5.74, 6) is 1.16. The number of rotatable bonds is 5. The molecule has 0 spiro atoms. The van der Waals surface area contributed by atoms with Crippen LogP contribution in [0.1, 0.15) is 51.0 Å². The van der Waals surface area contributed by atoms with Gasteiger partial charge in [-0.05, 0) is 62.5 Å². The van der Waals surface area contributed by atoms with E-state index in [4.69, 9.17) is 0 Å². The summed E-state index contributed by atoms with van der Waals surface area (Å²) in [5.41, 5.74) is 2.74. The lowest BCUT2D eigenvalue weighted by Gasteiger charge is -2.17. The summed E-state index contributed by atoms with van der Waals surface area (Å²) in [7, 11) is 0. The van der Waals surface area contributed by atoms with Crippen LogP contribution in [0.3, 0.4) is 0 Å². The molecule has 1 N–H and O–H groups in total. The molecular weight excluding hydrogens is 220 g/mol. The van der Waals surface area contributed by atoms with Crippen LogP contribution >= 0.6 is 0 Å². The van der Waals surface area contributed by atoms with Gasteiger partial charge in [-0.2, -0.15) is 0 Å². The van der Waals surface area contributed by atoms with Gasteiger partial charge in [-0.25, -0.2) is 0 Å². The molecule has 1 aliphatic carbocycles. The Hall–Kier alpha value is -1.24. The Balaban J connectivity index is 1.79. The van der Waals surface area contributed by atoms with Gasteiger partial charge in [0.1, 0.15) is 5.75 Å². The van der Waals surface area contributed by atoms with Crippen LogP contribution in [0.15, 0.2) is 35.9 Å². The highest BCUT2D eigenvalue weighted by Gasteiger charge is 2.10. The minimum Gasteiger partial charge on any atom is -0.508 e. The molecule has 0 radical (unpaired) electrons. The van der Waals surface area contributed by atoms with Crippen LogP contribution in [0.2, 0.25) is 0 Å². The lowest BCUT2D eigenvalue weighted by molar-refractivity contribution is 0.458. The first-order chi connectivity index (χ1) is 8.75. The van der Waals surface area contributed by atoms with Crippen molar-refractivity contribution in [1.29, 1.82) is 0 Å². The molecule has 0 aromatic heterocycles. The standard InChI is InChI=1S/C17H24O/c1-14(13-15-7-3-2-4-8-15)11-12-16-9-5-6-10-17(16)18/h5-7,9-10,14,18H,2-4,8,11-13H2,1H3. The smallest absolute Gasteiger partial charge is 0.118 e.